The first kappa shape index (κ1) is 17.1. The average molecular weight is 331 g/mol. The van der Waals surface area contributed by atoms with Gasteiger partial charge in [-0.1, -0.05) is 18.2 Å². The van der Waals surface area contributed by atoms with E-state index in [2.05, 4.69) is 4.74 Å². The standard InChI is InChI=1S/C15H16F3NO4/c16-15(17,18)23-12-4-2-1-3-10(12)5-8-13(20)19(9-14(21)22)11-6-7-11/h1-4,11H,5-9H2,(H,21,22). The Labute approximate surface area is 130 Å². The summed E-state index contributed by atoms with van der Waals surface area (Å²) in [7, 11) is 0. The van der Waals surface area contributed by atoms with Gasteiger partial charge in [0.2, 0.25) is 5.91 Å². The summed E-state index contributed by atoms with van der Waals surface area (Å²) in [6.45, 7) is -0.385. The number of rotatable bonds is 7. The van der Waals surface area contributed by atoms with E-state index >= 15 is 0 Å². The summed E-state index contributed by atoms with van der Waals surface area (Å²) in [5.41, 5.74) is 0.254. The van der Waals surface area contributed by atoms with Crippen LogP contribution in [0.5, 0.6) is 5.75 Å². The van der Waals surface area contributed by atoms with Gasteiger partial charge >= 0.3 is 12.3 Å². The number of carboxylic acid groups (broad SMARTS) is 1. The number of nitrogens with zero attached hydrogens (tertiary/aromatic N) is 1. The molecule has 0 unspecified atom stereocenters. The van der Waals surface area contributed by atoms with Crippen LogP contribution in [0.2, 0.25) is 0 Å². The molecule has 0 spiro atoms. The zero-order valence-electron chi connectivity index (χ0n) is 12.2. The smallest absolute Gasteiger partial charge is 0.480 e. The number of carboxylic acids is 1. The molecule has 1 amide bonds. The quantitative estimate of drug-likeness (QED) is 0.834. The van der Waals surface area contributed by atoms with E-state index in [1.54, 1.807) is 6.07 Å². The molecule has 1 aliphatic carbocycles. The number of para-hydroxylation sites is 1. The lowest BCUT2D eigenvalue weighted by Gasteiger charge is -2.20. The number of aryl methyl sites for hydroxylation is 1. The molecule has 0 heterocycles. The van der Waals surface area contributed by atoms with Crippen LogP contribution in [0, 0.1) is 0 Å². The molecule has 2 rings (SSSR count). The molecule has 1 aromatic rings. The molecular weight excluding hydrogens is 315 g/mol. The van der Waals surface area contributed by atoms with Gasteiger partial charge in [-0.05, 0) is 30.9 Å². The molecule has 0 radical (unpaired) electrons. The number of amides is 1. The van der Waals surface area contributed by atoms with Gasteiger partial charge in [-0.25, -0.2) is 0 Å². The number of ether oxygens (including phenoxy) is 1. The maximum Gasteiger partial charge on any atom is 0.573 e. The van der Waals surface area contributed by atoms with Crippen LogP contribution in [0.15, 0.2) is 24.3 Å². The molecule has 1 aromatic carbocycles. The van der Waals surface area contributed by atoms with Crippen molar-refractivity contribution < 1.29 is 32.6 Å². The van der Waals surface area contributed by atoms with Crippen LogP contribution in [0.25, 0.3) is 0 Å². The number of hydrogen-bond donors (Lipinski definition) is 1. The fourth-order valence-corrected chi connectivity index (χ4v) is 2.27. The summed E-state index contributed by atoms with van der Waals surface area (Å²) >= 11 is 0. The lowest BCUT2D eigenvalue weighted by Crippen LogP contribution is -2.37. The van der Waals surface area contributed by atoms with E-state index < -0.39 is 12.3 Å². The van der Waals surface area contributed by atoms with Crippen molar-refractivity contribution in [3.8, 4) is 5.75 Å². The highest BCUT2D eigenvalue weighted by molar-refractivity contribution is 5.82. The molecule has 1 N–H and O–H groups in total. The fraction of sp³-hybridized carbons (Fsp3) is 0.467. The normalized spacial score (nSPS) is 14.4. The van der Waals surface area contributed by atoms with E-state index in [4.69, 9.17) is 5.11 Å². The second-order valence-corrected chi connectivity index (χ2v) is 5.30. The molecular formula is C15H16F3NO4. The van der Waals surface area contributed by atoms with Crippen molar-refractivity contribution in [1.29, 1.82) is 0 Å². The third kappa shape index (κ3) is 5.46. The van der Waals surface area contributed by atoms with Gasteiger partial charge in [-0.3, -0.25) is 9.59 Å². The monoisotopic (exact) mass is 331 g/mol. The molecule has 0 atom stereocenters. The van der Waals surface area contributed by atoms with Crippen LogP contribution < -0.4 is 4.74 Å². The van der Waals surface area contributed by atoms with Crippen molar-refractivity contribution >= 4 is 11.9 Å². The van der Waals surface area contributed by atoms with Crippen LogP contribution in [0.1, 0.15) is 24.8 Å². The molecule has 0 aliphatic heterocycles. The van der Waals surface area contributed by atoms with Crippen molar-refractivity contribution in [1.82, 2.24) is 4.90 Å². The summed E-state index contributed by atoms with van der Waals surface area (Å²) in [6.07, 6.45) is -3.31. The Morgan fingerprint density at radius 2 is 1.91 bits per heavy atom. The van der Waals surface area contributed by atoms with Crippen molar-refractivity contribution in [2.24, 2.45) is 0 Å². The summed E-state index contributed by atoms with van der Waals surface area (Å²) in [5, 5.41) is 8.83. The van der Waals surface area contributed by atoms with E-state index in [9.17, 15) is 22.8 Å². The van der Waals surface area contributed by atoms with Gasteiger partial charge in [-0.2, -0.15) is 0 Å². The Bertz CT molecular complexity index is 584. The summed E-state index contributed by atoms with van der Waals surface area (Å²) in [6, 6.07) is 5.53. The predicted octanol–water partition coefficient (Wildman–Crippen LogP) is 2.59. The number of carbonyl (C=O) groups excluding carboxylic acids is 1. The third-order valence-electron chi connectivity index (χ3n) is 3.42. The molecule has 1 fully saturated rings. The molecule has 1 aliphatic rings. The van der Waals surface area contributed by atoms with Gasteiger partial charge in [0.05, 0.1) is 0 Å². The molecule has 126 valence electrons. The third-order valence-corrected chi connectivity index (χ3v) is 3.42. The van der Waals surface area contributed by atoms with E-state index in [-0.39, 0.29) is 42.6 Å². The summed E-state index contributed by atoms with van der Waals surface area (Å²) in [4.78, 5) is 24.2. The minimum atomic E-state index is -4.80. The van der Waals surface area contributed by atoms with Crippen molar-refractivity contribution in [2.75, 3.05) is 6.54 Å². The average Bonchev–Trinajstić information content (AvgIpc) is 3.26. The fourth-order valence-electron chi connectivity index (χ4n) is 2.27. The van der Waals surface area contributed by atoms with E-state index in [0.717, 1.165) is 12.8 Å². The second-order valence-electron chi connectivity index (χ2n) is 5.30. The van der Waals surface area contributed by atoms with Gasteiger partial charge in [0.1, 0.15) is 12.3 Å². The van der Waals surface area contributed by atoms with Crippen LogP contribution in [0.4, 0.5) is 13.2 Å². The minimum Gasteiger partial charge on any atom is -0.480 e. The maximum absolute atomic E-state index is 12.3. The summed E-state index contributed by atoms with van der Waals surface area (Å²) in [5.74, 6) is -1.83. The first-order valence-electron chi connectivity index (χ1n) is 7.11. The van der Waals surface area contributed by atoms with Gasteiger partial charge in [-0.15, -0.1) is 13.2 Å². The number of aliphatic carboxylic acids is 1. The van der Waals surface area contributed by atoms with E-state index in [0.29, 0.717) is 0 Å². The SMILES string of the molecule is O=C(O)CN(C(=O)CCc1ccccc1OC(F)(F)F)C1CC1. The van der Waals surface area contributed by atoms with Gasteiger partial charge < -0.3 is 14.7 Å². The molecule has 8 heteroatoms. The first-order valence-corrected chi connectivity index (χ1v) is 7.11. The van der Waals surface area contributed by atoms with E-state index in [1.807, 2.05) is 0 Å². The van der Waals surface area contributed by atoms with Gasteiger partial charge in [0, 0.05) is 12.5 Å². The zero-order valence-corrected chi connectivity index (χ0v) is 12.2. The lowest BCUT2D eigenvalue weighted by atomic mass is 10.1. The Morgan fingerprint density at radius 1 is 1.26 bits per heavy atom. The molecule has 0 aromatic heterocycles. The number of benzene rings is 1. The largest absolute Gasteiger partial charge is 0.573 e. The van der Waals surface area contributed by atoms with Crippen molar-refractivity contribution in [2.45, 2.75) is 38.1 Å². The number of carbonyl (C=O) groups is 2. The molecule has 1 saturated carbocycles. The molecule has 5 nitrogen and oxygen atoms in total. The predicted molar refractivity (Wildman–Crippen MR) is 73.8 cm³/mol. The molecule has 23 heavy (non-hydrogen) atoms. The Morgan fingerprint density at radius 3 is 2.48 bits per heavy atom. The maximum atomic E-state index is 12.3. The van der Waals surface area contributed by atoms with Gasteiger partial charge in [0.15, 0.2) is 0 Å². The van der Waals surface area contributed by atoms with Crippen LogP contribution >= 0.6 is 0 Å². The highest BCUT2D eigenvalue weighted by atomic mass is 19.4. The highest BCUT2D eigenvalue weighted by Gasteiger charge is 2.34. The highest BCUT2D eigenvalue weighted by Crippen LogP contribution is 2.29. The van der Waals surface area contributed by atoms with Gasteiger partial charge in [0.25, 0.3) is 0 Å². The van der Waals surface area contributed by atoms with Crippen LogP contribution in [-0.4, -0.2) is 40.8 Å². The molecule has 0 bridgehead atoms. The van der Waals surface area contributed by atoms with Crippen LogP contribution in [0.3, 0.4) is 0 Å². The topological polar surface area (TPSA) is 66.8 Å². The Balaban J connectivity index is 1.99. The Hall–Kier alpha value is -2.25. The first-order chi connectivity index (χ1) is 10.8. The lowest BCUT2D eigenvalue weighted by molar-refractivity contribution is -0.274. The number of hydrogen-bond acceptors (Lipinski definition) is 3. The van der Waals surface area contributed by atoms with Crippen molar-refractivity contribution in [3.63, 3.8) is 0 Å². The minimum absolute atomic E-state index is 0.0495. The number of alkyl halides is 3. The van der Waals surface area contributed by atoms with E-state index in [1.165, 1.54) is 23.1 Å². The summed E-state index contributed by atoms with van der Waals surface area (Å²) < 4.78 is 41.0. The Kier molecular flexibility index (Phi) is 5.12. The van der Waals surface area contributed by atoms with Crippen molar-refractivity contribution in [3.05, 3.63) is 29.8 Å². The second kappa shape index (κ2) is 6.89. The molecule has 0 saturated heterocycles. The van der Waals surface area contributed by atoms with Crippen LogP contribution in [-0.2, 0) is 16.0 Å². The number of halogens is 3. The zero-order chi connectivity index (χ0) is 17.0.